The highest BCUT2D eigenvalue weighted by molar-refractivity contribution is 5.97. The Morgan fingerprint density at radius 1 is 1.03 bits per heavy atom. The van der Waals surface area contributed by atoms with Crippen LogP contribution >= 0.6 is 0 Å². The van der Waals surface area contributed by atoms with Crippen molar-refractivity contribution in [2.24, 2.45) is 5.92 Å². The van der Waals surface area contributed by atoms with E-state index in [0.717, 1.165) is 5.56 Å². The Balaban J connectivity index is 2.20. The topological polar surface area (TPSA) is 117 Å². The van der Waals surface area contributed by atoms with Crippen molar-refractivity contribution in [1.29, 1.82) is 0 Å². The highest BCUT2D eigenvalue weighted by Crippen LogP contribution is 2.09. The van der Waals surface area contributed by atoms with Crippen molar-refractivity contribution in [1.82, 2.24) is 15.6 Å². The van der Waals surface area contributed by atoms with E-state index in [4.69, 9.17) is 4.74 Å². The van der Waals surface area contributed by atoms with Crippen LogP contribution in [0.1, 0.15) is 46.8 Å². The minimum absolute atomic E-state index is 0.150. The third kappa shape index (κ3) is 6.58. The predicted molar refractivity (Wildman–Crippen MR) is 111 cm³/mol. The van der Waals surface area contributed by atoms with E-state index in [1.807, 2.05) is 44.2 Å². The SMILES string of the molecule is COC(=O)[C@H](CC(C)C)NC(=O)[C@H](Cc1ccccc1)NC(=O)c1ccc(C=O)[nH]1. The largest absolute Gasteiger partial charge is 0.467 e. The molecule has 2 rings (SSSR count). The molecule has 3 N–H and O–H groups in total. The molecule has 1 aromatic carbocycles. The quantitative estimate of drug-likeness (QED) is 0.406. The van der Waals surface area contributed by atoms with Gasteiger partial charge >= 0.3 is 5.97 Å². The number of carbonyl (C=O) groups excluding carboxylic acids is 4. The zero-order chi connectivity index (χ0) is 22.1. The fourth-order valence-electron chi connectivity index (χ4n) is 3.01. The number of aldehydes is 1. The molecule has 160 valence electrons. The molecule has 0 aliphatic carbocycles. The summed E-state index contributed by atoms with van der Waals surface area (Å²) in [6, 6.07) is 10.4. The van der Waals surface area contributed by atoms with Crippen LogP contribution in [0.15, 0.2) is 42.5 Å². The van der Waals surface area contributed by atoms with Crippen molar-refractivity contribution >= 4 is 24.1 Å². The smallest absolute Gasteiger partial charge is 0.328 e. The number of esters is 1. The zero-order valence-corrected chi connectivity index (χ0v) is 17.3. The second-order valence-corrected chi connectivity index (χ2v) is 7.37. The van der Waals surface area contributed by atoms with E-state index in [2.05, 4.69) is 15.6 Å². The molecule has 30 heavy (non-hydrogen) atoms. The van der Waals surface area contributed by atoms with Crippen LogP contribution in [-0.2, 0) is 20.7 Å². The fourth-order valence-corrected chi connectivity index (χ4v) is 3.01. The number of nitrogens with one attached hydrogen (secondary N) is 3. The maximum atomic E-state index is 13.0. The molecule has 0 saturated heterocycles. The normalized spacial score (nSPS) is 12.7. The van der Waals surface area contributed by atoms with Crippen LogP contribution in [0.25, 0.3) is 0 Å². The maximum Gasteiger partial charge on any atom is 0.328 e. The lowest BCUT2D eigenvalue weighted by atomic mass is 10.0. The van der Waals surface area contributed by atoms with Gasteiger partial charge in [-0.3, -0.25) is 14.4 Å². The van der Waals surface area contributed by atoms with Gasteiger partial charge in [0.1, 0.15) is 17.8 Å². The third-order valence-corrected chi connectivity index (χ3v) is 4.49. The van der Waals surface area contributed by atoms with Crippen LogP contribution in [0.2, 0.25) is 0 Å². The zero-order valence-electron chi connectivity index (χ0n) is 17.3. The Bertz CT molecular complexity index is 876. The first-order valence-electron chi connectivity index (χ1n) is 9.71. The summed E-state index contributed by atoms with van der Waals surface area (Å²) in [4.78, 5) is 51.2. The summed E-state index contributed by atoms with van der Waals surface area (Å²) in [5.41, 5.74) is 1.26. The van der Waals surface area contributed by atoms with E-state index in [0.29, 0.717) is 12.7 Å². The number of aromatic nitrogens is 1. The summed E-state index contributed by atoms with van der Waals surface area (Å²) in [6.45, 7) is 3.86. The highest BCUT2D eigenvalue weighted by Gasteiger charge is 2.28. The molecule has 0 aliphatic rings. The lowest BCUT2D eigenvalue weighted by molar-refractivity contribution is -0.145. The number of amides is 2. The van der Waals surface area contributed by atoms with Crippen molar-refractivity contribution in [3.63, 3.8) is 0 Å². The van der Waals surface area contributed by atoms with E-state index in [-0.39, 0.29) is 23.7 Å². The first-order valence-corrected chi connectivity index (χ1v) is 9.71. The number of rotatable bonds is 10. The molecule has 1 heterocycles. The molecule has 2 aromatic rings. The summed E-state index contributed by atoms with van der Waals surface area (Å²) >= 11 is 0. The molecule has 0 spiro atoms. The Hall–Kier alpha value is -3.42. The standard InChI is InChI=1S/C22H27N3O5/c1-14(2)11-19(22(29)30-3)25-21(28)18(12-15-7-5-4-6-8-15)24-20(27)17-10-9-16(13-26)23-17/h4-10,13-14,18-19,23H,11-12H2,1-3H3,(H,24,27)(H,25,28)/t18-,19-/m0/s1. The van der Waals surface area contributed by atoms with Gasteiger partial charge in [0.05, 0.1) is 12.8 Å². The maximum absolute atomic E-state index is 13.0. The van der Waals surface area contributed by atoms with E-state index >= 15 is 0 Å². The van der Waals surface area contributed by atoms with Gasteiger partial charge < -0.3 is 20.4 Å². The number of carbonyl (C=O) groups is 4. The number of aromatic amines is 1. The summed E-state index contributed by atoms with van der Waals surface area (Å²) in [7, 11) is 1.26. The summed E-state index contributed by atoms with van der Waals surface area (Å²) in [6.07, 6.45) is 1.23. The number of hydrogen-bond acceptors (Lipinski definition) is 5. The van der Waals surface area contributed by atoms with Crippen LogP contribution < -0.4 is 10.6 Å². The molecule has 0 saturated carbocycles. The number of H-pyrrole nitrogens is 1. The van der Waals surface area contributed by atoms with Crippen LogP contribution in [0.5, 0.6) is 0 Å². The Kier molecular flexibility index (Phi) is 8.34. The second-order valence-electron chi connectivity index (χ2n) is 7.37. The Morgan fingerprint density at radius 2 is 1.73 bits per heavy atom. The molecule has 0 radical (unpaired) electrons. The van der Waals surface area contributed by atoms with Crippen molar-refractivity contribution in [3.8, 4) is 0 Å². The monoisotopic (exact) mass is 413 g/mol. The van der Waals surface area contributed by atoms with Crippen molar-refractivity contribution in [3.05, 3.63) is 59.4 Å². The average Bonchev–Trinajstić information content (AvgIpc) is 3.22. The predicted octanol–water partition coefficient (Wildman–Crippen LogP) is 1.87. The van der Waals surface area contributed by atoms with Crippen molar-refractivity contribution in [2.45, 2.75) is 38.8 Å². The van der Waals surface area contributed by atoms with E-state index in [1.165, 1.54) is 19.2 Å². The van der Waals surface area contributed by atoms with Crippen molar-refractivity contribution in [2.75, 3.05) is 7.11 Å². The first kappa shape index (κ1) is 22.9. The number of benzene rings is 1. The van der Waals surface area contributed by atoms with Crippen LogP contribution in [-0.4, -0.2) is 48.2 Å². The van der Waals surface area contributed by atoms with Crippen LogP contribution in [0.4, 0.5) is 0 Å². The second kappa shape index (κ2) is 10.9. The minimum atomic E-state index is -0.929. The van der Waals surface area contributed by atoms with Gasteiger partial charge in [0.25, 0.3) is 5.91 Å². The van der Waals surface area contributed by atoms with E-state index in [1.54, 1.807) is 0 Å². The summed E-state index contributed by atoms with van der Waals surface area (Å²) in [5, 5.41) is 5.38. The Labute approximate surface area is 175 Å². The van der Waals surface area contributed by atoms with Crippen molar-refractivity contribution < 1.29 is 23.9 Å². The minimum Gasteiger partial charge on any atom is -0.467 e. The molecule has 0 bridgehead atoms. The highest BCUT2D eigenvalue weighted by atomic mass is 16.5. The molecule has 1 aromatic heterocycles. The van der Waals surface area contributed by atoms with Gasteiger partial charge in [-0.1, -0.05) is 44.2 Å². The lowest BCUT2D eigenvalue weighted by Gasteiger charge is -2.23. The van der Waals surface area contributed by atoms with Gasteiger partial charge in [0.2, 0.25) is 5.91 Å². The first-order chi connectivity index (χ1) is 14.3. The Morgan fingerprint density at radius 3 is 2.30 bits per heavy atom. The third-order valence-electron chi connectivity index (χ3n) is 4.49. The van der Waals surface area contributed by atoms with Gasteiger partial charge in [0.15, 0.2) is 6.29 Å². The summed E-state index contributed by atoms with van der Waals surface area (Å²) < 4.78 is 4.80. The van der Waals surface area contributed by atoms with Gasteiger partial charge in [-0.05, 0) is 30.0 Å². The van der Waals surface area contributed by atoms with Crippen LogP contribution in [0.3, 0.4) is 0 Å². The lowest BCUT2D eigenvalue weighted by Crippen LogP contribution is -2.53. The molecule has 2 atom stereocenters. The number of hydrogen-bond donors (Lipinski definition) is 3. The molecular formula is C22H27N3O5. The molecule has 0 unspecified atom stereocenters. The van der Waals surface area contributed by atoms with Gasteiger partial charge in [-0.25, -0.2) is 4.79 Å². The number of methoxy groups -OCH3 is 1. The van der Waals surface area contributed by atoms with E-state index in [9.17, 15) is 19.2 Å². The molecule has 0 fully saturated rings. The average molecular weight is 413 g/mol. The molecule has 2 amide bonds. The van der Waals surface area contributed by atoms with Gasteiger partial charge in [-0.15, -0.1) is 0 Å². The molecule has 0 aliphatic heterocycles. The van der Waals surface area contributed by atoms with Gasteiger partial charge in [0, 0.05) is 6.42 Å². The molecular weight excluding hydrogens is 386 g/mol. The van der Waals surface area contributed by atoms with Gasteiger partial charge in [-0.2, -0.15) is 0 Å². The van der Waals surface area contributed by atoms with Crippen LogP contribution in [0, 0.1) is 5.92 Å². The fraction of sp³-hybridized carbons (Fsp3) is 0.364. The molecule has 8 heteroatoms. The summed E-state index contributed by atoms with van der Waals surface area (Å²) in [5.74, 6) is -1.41. The molecule has 8 nitrogen and oxygen atoms in total. The number of ether oxygens (including phenoxy) is 1. The van der Waals surface area contributed by atoms with E-state index < -0.39 is 29.9 Å².